The minimum Gasteiger partial charge on any atom is -0.497 e. The van der Waals surface area contributed by atoms with Gasteiger partial charge in [-0.3, -0.25) is 9.59 Å². The van der Waals surface area contributed by atoms with Gasteiger partial charge in [-0.25, -0.2) is 9.18 Å². The van der Waals surface area contributed by atoms with Gasteiger partial charge in [-0.05, 0) is 59.7 Å². The highest BCUT2D eigenvalue weighted by molar-refractivity contribution is 8.01. The van der Waals surface area contributed by atoms with E-state index in [1.165, 1.54) is 23.9 Å². The van der Waals surface area contributed by atoms with Crippen LogP contribution in [0.15, 0.2) is 72.8 Å². The molecule has 1 saturated heterocycles. The minimum absolute atomic E-state index is 0.0627. The molecule has 3 aromatic carbocycles. The standard InChI is InChI=1S/C26H22FNO6S/c1-33-20-10-2-16(3-11-20)22(29)15-35-24-25(32)28-26(24,17-4-8-19(27)9-5-17)18-6-12-21(13-7-18)34-14-23(30)31/h2-13,24H,14-15H2,1H3,(H,28,32)(H,30,31)/t24-,26-/m0/s1. The van der Waals surface area contributed by atoms with E-state index in [0.29, 0.717) is 28.2 Å². The molecule has 4 rings (SSSR count). The Morgan fingerprint density at radius 3 is 2.09 bits per heavy atom. The zero-order valence-corrected chi connectivity index (χ0v) is 19.5. The summed E-state index contributed by atoms with van der Waals surface area (Å²) < 4.78 is 24.0. The van der Waals surface area contributed by atoms with Crippen molar-refractivity contribution >= 4 is 29.4 Å². The fraction of sp³-hybridized carbons (Fsp3) is 0.192. The van der Waals surface area contributed by atoms with Crippen LogP contribution in [-0.2, 0) is 15.1 Å². The number of methoxy groups -OCH3 is 1. The molecule has 1 aliphatic heterocycles. The molecule has 1 amide bonds. The molecule has 0 aromatic heterocycles. The van der Waals surface area contributed by atoms with Crippen molar-refractivity contribution < 1.29 is 33.4 Å². The number of thioether (sulfide) groups is 1. The van der Waals surface area contributed by atoms with Crippen LogP contribution in [0.4, 0.5) is 4.39 Å². The average molecular weight is 496 g/mol. The molecule has 1 fully saturated rings. The number of carboxylic acid groups (broad SMARTS) is 1. The third-order valence-electron chi connectivity index (χ3n) is 5.72. The number of Topliss-reactive ketones (excluding diaryl/α,β-unsaturated/α-hetero) is 1. The number of β-lactam (4-membered cyclic amide) rings is 1. The molecule has 0 bridgehead atoms. The number of hydrogen-bond donors (Lipinski definition) is 2. The first kappa shape index (κ1) is 24.3. The van der Waals surface area contributed by atoms with Crippen LogP contribution in [0.3, 0.4) is 0 Å². The maximum Gasteiger partial charge on any atom is 0.341 e. The molecule has 0 aliphatic carbocycles. The van der Waals surface area contributed by atoms with Crippen LogP contribution < -0.4 is 14.8 Å². The molecule has 2 N–H and O–H groups in total. The molecule has 0 spiro atoms. The van der Waals surface area contributed by atoms with Crippen molar-refractivity contribution in [2.75, 3.05) is 19.5 Å². The second-order valence-electron chi connectivity index (χ2n) is 7.85. The normalized spacial score (nSPS) is 18.8. The SMILES string of the molecule is COc1ccc(C(=O)CS[C@H]2C(=O)N[C@@]2(c2ccc(F)cc2)c2ccc(OCC(=O)O)cc2)cc1. The van der Waals surface area contributed by atoms with Crippen molar-refractivity contribution in [3.05, 3.63) is 95.3 Å². The van der Waals surface area contributed by atoms with Crippen LogP contribution in [0.25, 0.3) is 0 Å². The number of carbonyl (C=O) groups excluding carboxylic acids is 2. The van der Waals surface area contributed by atoms with E-state index in [2.05, 4.69) is 5.32 Å². The summed E-state index contributed by atoms with van der Waals surface area (Å²) in [5, 5.41) is 11.1. The van der Waals surface area contributed by atoms with Crippen LogP contribution in [0.1, 0.15) is 21.5 Å². The Labute approximate surface area is 205 Å². The highest BCUT2D eigenvalue weighted by Crippen LogP contribution is 2.45. The van der Waals surface area contributed by atoms with Gasteiger partial charge in [0.05, 0.1) is 12.9 Å². The first-order chi connectivity index (χ1) is 16.8. The van der Waals surface area contributed by atoms with E-state index in [9.17, 15) is 18.8 Å². The maximum atomic E-state index is 13.7. The minimum atomic E-state index is -1.10. The zero-order valence-electron chi connectivity index (χ0n) is 18.7. The first-order valence-corrected chi connectivity index (χ1v) is 11.7. The first-order valence-electron chi connectivity index (χ1n) is 10.7. The second kappa shape index (κ2) is 10.2. The molecule has 0 unspecified atom stereocenters. The van der Waals surface area contributed by atoms with Gasteiger partial charge >= 0.3 is 5.97 Å². The highest BCUT2D eigenvalue weighted by Gasteiger charge is 2.56. The van der Waals surface area contributed by atoms with E-state index in [0.717, 1.165) is 0 Å². The van der Waals surface area contributed by atoms with Crippen LogP contribution in [0, 0.1) is 5.82 Å². The lowest BCUT2D eigenvalue weighted by molar-refractivity contribution is -0.139. The number of aliphatic carboxylic acids is 1. The van der Waals surface area contributed by atoms with Crippen molar-refractivity contribution in [3.8, 4) is 11.5 Å². The molecular formula is C26H22FNO6S. The van der Waals surface area contributed by atoms with Crippen LogP contribution in [0.2, 0.25) is 0 Å². The van der Waals surface area contributed by atoms with Gasteiger partial charge in [0, 0.05) is 5.56 Å². The van der Waals surface area contributed by atoms with Gasteiger partial charge in [0.1, 0.15) is 28.1 Å². The number of rotatable bonds is 10. The average Bonchev–Trinajstić information content (AvgIpc) is 2.86. The second-order valence-corrected chi connectivity index (χ2v) is 8.95. The van der Waals surface area contributed by atoms with Crippen molar-refractivity contribution in [1.29, 1.82) is 0 Å². The predicted octanol–water partition coefficient (Wildman–Crippen LogP) is 3.66. The maximum absolute atomic E-state index is 13.7. The van der Waals surface area contributed by atoms with E-state index in [1.54, 1.807) is 67.8 Å². The topological polar surface area (TPSA) is 102 Å². The summed E-state index contributed by atoms with van der Waals surface area (Å²) in [5.74, 6) is -0.830. The van der Waals surface area contributed by atoms with E-state index in [1.807, 2.05) is 0 Å². The molecule has 1 heterocycles. The van der Waals surface area contributed by atoms with Gasteiger partial charge in [0.2, 0.25) is 5.91 Å². The number of hydrogen-bond acceptors (Lipinski definition) is 6. The number of halogens is 1. The van der Waals surface area contributed by atoms with E-state index in [-0.39, 0.29) is 17.4 Å². The fourth-order valence-corrected chi connectivity index (χ4v) is 5.23. The van der Waals surface area contributed by atoms with E-state index in [4.69, 9.17) is 14.6 Å². The van der Waals surface area contributed by atoms with E-state index >= 15 is 0 Å². The molecule has 0 radical (unpaired) electrons. The van der Waals surface area contributed by atoms with Gasteiger partial charge in [0.25, 0.3) is 0 Å². The van der Waals surface area contributed by atoms with Crippen LogP contribution in [-0.4, -0.2) is 47.5 Å². The fourth-order valence-electron chi connectivity index (χ4n) is 3.95. The number of nitrogens with one attached hydrogen (secondary N) is 1. The summed E-state index contributed by atoms with van der Waals surface area (Å²) in [4.78, 5) is 36.3. The molecule has 1 aliphatic rings. The highest BCUT2D eigenvalue weighted by atomic mass is 32.2. The Balaban J connectivity index is 1.60. The third-order valence-corrected chi connectivity index (χ3v) is 7.05. The van der Waals surface area contributed by atoms with Gasteiger partial charge in [-0.15, -0.1) is 11.8 Å². The van der Waals surface area contributed by atoms with Crippen molar-refractivity contribution in [2.45, 2.75) is 10.8 Å². The molecule has 9 heteroatoms. The van der Waals surface area contributed by atoms with Crippen molar-refractivity contribution in [1.82, 2.24) is 5.32 Å². The van der Waals surface area contributed by atoms with Crippen molar-refractivity contribution in [3.63, 3.8) is 0 Å². The summed E-state index contributed by atoms with van der Waals surface area (Å²) in [7, 11) is 1.54. The third kappa shape index (κ3) is 5.00. The summed E-state index contributed by atoms with van der Waals surface area (Å²) in [6.07, 6.45) is 0. The van der Waals surface area contributed by atoms with Crippen LogP contribution in [0.5, 0.6) is 11.5 Å². The number of ether oxygens (including phenoxy) is 2. The lowest BCUT2D eigenvalue weighted by atomic mass is 9.74. The quantitative estimate of drug-likeness (QED) is 0.327. The molecule has 35 heavy (non-hydrogen) atoms. The Morgan fingerprint density at radius 2 is 1.54 bits per heavy atom. The summed E-state index contributed by atoms with van der Waals surface area (Å²) in [6, 6.07) is 19.2. The molecule has 180 valence electrons. The summed E-state index contributed by atoms with van der Waals surface area (Å²) in [5.41, 5.74) is 0.860. The Kier molecular flexibility index (Phi) is 7.07. The van der Waals surface area contributed by atoms with Gasteiger partial charge in [-0.2, -0.15) is 0 Å². The number of benzene rings is 3. The Morgan fingerprint density at radius 1 is 0.971 bits per heavy atom. The lowest BCUT2D eigenvalue weighted by Gasteiger charge is -2.49. The monoisotopic (exact) mass is 495 g/mol. The molecule has 2 atom stereocenters. The predicted molar refractivity (Wildman–Crippen MR) is 128 cm³/mol. The van der Waals surface area contributed by atoms with Gasteiger partial charge in [0.15, 0.2) is 12.4 Å². The van der Waals surface area contributed by atoms with Crippen LogP contribution >= 0.6 is 11.8 Å². The molecular weight excluding hydrogens is 473 g/mol. The smallest absolute Gasteiger partial charge is 0.341 e. The summed E-state index contributed by atoms with van der Waals surface area (Å²) in [6.45, 7) is -0.481. The van der Waals surface area contributed by atoms with E-state index < -0.39 is 29.2 Å². The van der Waals surface area contributed by atoms with Crippen molar-refractivity contribution in [2.24, 2.45) is 0 Å². The molecule has 7 nitrogen and oxygen atoms in total. The molecule has 0 saturated carbocycles. The zero-order chi connectivity index (χ0) is 25.0. The number of carbonyl (C=O) groups is 3. The largest absolute Gasteiger partial charge is 0.497 e. The van der Waals surface area contributed by atoms with Gasteiger partial charge in [-0.1, -0.05) is 24.3 Å². The molecule has 3 aromatic rings. The number of amides is 1. The Hall–Kier alpha value is -3.85. The summed E-state index contributed by atoms with van der Waals surface area (Å²) >= 11 is 1.21. The number of carboxylic acids is 1. The lowest BCUT2D eigenvalue weighted by Crippen LogP contribution is -2.69. The number of ketones is 1. The van der Waals surface area contributed by atoms with Gasteiger partial charge < -0.3 is 19.9 Å². The Bertz CT molecular complexity index is 1230.